The van der Waals surface area contributed by atoms with Gasteiger partial charge in [-0.15, -0.1) is 0 Å². The number of carbonyl (C=O) groups excluding carboxylic acids is 1. The summed E-state index contributed by atoms with van der Waals surface area (Å²) < 4.78 is 0. The van der Waals surface area contributed by atoms with E-state index in [1.807, 2.05) is 31.2 Å². The molecule has 1 amide bonds. The van der Waals surface area contributed by atoms with Crippen molar-refractivity contribution in [1.29, 1.82) is 0 Å². The summed E-state index contributed by atoms with van der Waals surface area (Å²) in [5.74, 6) is 0.477. The van der Waals surface area contributed by atoms with E-state index in [1.165, 1.54) is 6.07 Å². The first kappa shape index (κ1) is 13.6. The Morgan fingerprint density at radius 3 is 2.48 bits per heavy atom. The third kappa shape index (κ3) is 2.90. The predicted octanol–water partition coefficient (Wildman–Crippen LogP) is 1.16. The van der Waals surface area contributed by atoms with E-state index in [0.717, 1.165) is 30.0 Å². The molecule has 0 saturated carbocycles. The fourth-order valence-electron chi connectivity index (χ4n) is 2.36. The molecule has 2 heterocycles. The molecule has 1 fully saturated rings. The summed E-state index contributed by atoms with van der Waals surface area (Å²) in [5.41, 5.74) is 2.22. The van der Waals surface area contributed by atoms with E-state index in [0.29, 0.717) is 5.92 Å². The van der Waals surface area contributed by atoms with Crippen LogP contribution in [0.25, 0.3) is 11.3 Å². The molecule has 6 heteroatoms. The lowest BCUT2D eigenvalue weighted by Gasteiger charge is -2.31. The number of hydrogen-bond acceptors (Lipinski definition) is 3. The molecule has 0 radical (unpaired) electrons. The highest BCUT2D eigenvalue weighted by Gasteiger charge is 2.28. The molecule has 6 nitrogen and oxygen atoms in total. The number of nitrogens with one attached hydrogen (secondary N) is 4. The molecule has 1 aliphatic heterocycles. The number of hydrogen-bond donors (Lipinski definition) is 4. The number of amides is 1. The van der Waals surface area contributed by atoms with Crippen molar-refractivity contribution in [2.75, 3.05) is 18.4 Å². The van der Waals surface area contributed by atoms with Gasteiger partial charge < -0.3 is 10.6 Å². The lowest BCUT2D eigenvalue weighted by atomic mass is 9.88. The maximum Gasteiger partial charge on any atom is 0.264 e. The first-order valence-electron chi connectivity index (χ1n) is 7.03. The highest BCUT2D eigenvalue weighted by atomic mass is 16.2. The normalized spacial score (nSPS) is 16.2. The Balaban J connectivity index is 1.66. The van der Waals surface area contributed by atoms with Gasteiger partial charge in [0.05, 0.1) is 5.69 Å². The molecule has 3 rings (SSSR count). The maximum absolute atomic E-state index is 12.1. The van der Waals surface area contributed by atoms with Gasteiger partial charge in [-0.25, -0.2) is 0 Å². The second kappa shape index (κ2) is 5.57. The number of benzene rings is 1. The molecule has 21 heavy (non-hydrogen) atoms. The molecule has 1 aliphatic rings. The summed E-state index contributed by atoms with van der Waals surface area (Å²) in [7, 11) is 0. The maximum atomic E-state index is 12.1. The van der Waals surface area contributed by atoms with Gasteiger partial charge in [-0.1, -0.05) is 19.1 Å². The van der Waals surface area contributed by atoms with Crippen LogP contribution in [0.1, 0.15) is 6.92 Å². The van der Waals surface area contributed by atoms with Crippen LogP contribution < -0.4 is 16.2 Å². The van der Waals surface area contributed by atoms with Gasteiger partial charge in [-0.2, -0.15) is 0 Å². The van der Waals surface area contributed by atoms with Crippen LogP contribution in [0.3, 0.4) is 0 Å². The number of rotatable bonds is 4. The summed E-state index contributed by atoms with van der Waals surface area (Å²) in [6, 6.07) is 8.91. The zero-order valence-corrected chi connectivity index (χ0v) is 11.8. The highest BCUT2D eigenvalue weighted by Crippen LogP contribution is 2.21. The van der Waals surface area contributed by atoms with E-state index in [1.54, 1.807) is 0 Å². The van der Waals surface area contributed by atoms with E-state index in [2.05, 4.69) is 20.8 Å². The lowest BCUT2D eigenvalue weighted by molar-refractivity contribution is -0.121. The van der Waals surface area contributed by atoms with E-state index in [9.17, 15) is 9.59 Å². The topological polar surface area (TPSA) is 89.8 Å². The third-order valence-corrected chi connectivity index (χ3v) is 3.99. The van der Waals surface area contributed by atoms with Crippen LogP contribution >= 0.6 is 0 Å². The minimum atomic E-state index is -0.162. The van der Waals surface area contributed by atoms with E-state index in [4.69, 9.17) is 0 Å². The minimum Gasteiger partial charge on any atom is -0.326 e. The molecule has 2 aromatic rings. The largest absolute Gasteiger partial charge is 0.326 e. The zero-order valence-electron chi connectivity index (χ0n) is 11.8. The Labute approximate surface area is 121 Å². The highest BCUT2D eigenvalue weighted by molar-refractivity contribution is 5.92. The molecule has 0 bridgehead atoms. The van der Waals surface area contributed by atoms with Gasteiger partial charge in [0.2, 0.25) is 5.91 Å². The summed E-state index contributed by atoms with van der Waals surface area (Å²) in [6.45, 7) is 3.78. The number of carbonyl (C=O) groups is 1. The standard InChI is InChI=1S/C15H18N4O2/c1-9(11-7-16-8-11)15(21)17-12-4-2-10(3-5-12)13-6-14(20)19-18-13/h2-6,9,11,16H,7-8H2,1H3,(H,17,21)(H2,18,19,20). The van der Waals surface area contributed by atoms with Gasteiger partial charge in [-0.05, 0) is 36.7 Å². The van der Waals surface area contributed by atoms with Crippen molar-refractivity contribution in [2.24, 2.45) is 11.8 Å². The molecular formula is C15H18N4O2. The van der Waals surface area contributed by atoms with Gasteiger partial charge >= 0.3 is 0 Å². The molecule has 1 aromatic carbocycles. The van der Waals surface area contributed by atoms with Crippen LogP contribution in [-0.4, -0.2) is 29.2 Å². The SMILES string of the molecule is CC(C(=O)Nc1ccc(-c2cc(=O)[nH][nH]2)cc1)C1CNC1. The Morgan fingerprint density at radius 1 is 1.24 bits per heavy atom. The van der Waals surface area contributed by atoms with Crippen molar-refractivity contribution >= 4 is 11.6 Å². The van der Waals surface area contributed by atoms with Crippen LogP contribution in [0.15, 0.2) is 35.1 Å². The third-order valence-electron chi connectivity index (χ3n) is 3.99. The van der Waals surface area contributed by atoms with E-state index < -0.39 is 0 Å². The zero-order chi connectivity index (χ0) is 14.8. The van der Waals surface area contributed by atoms with Crippen molar-refractivity contribution in [1.82, 2.24) is 15.5 Å². The molecule has 1 saturated heterocycles. The van der Waals surface area contributed by atoms with Crippen LogP contribution in [-0.2, 0) is 4.79 Å². The predicted molar refractivity (Wildman–Crippen MR) is 81.0 cm³/mol. The smallest absolute Gasteiger partial charge is 0.264 e. The van der Waals surface area contributed by atoms with Crippen LogP contribution in [0.4, 0.5) is 5.69 Å². The number of aromatic amines is 2. The number of anilines is 1. The van der Waals surface area contributed by atoms with Crippen LogP contribution in [0.5, 0.6) is 0 Å². The summed E-state index contributed by atoms with van der Waals surface area (Å²) in [5, 5.41) is 11.4. The lowest BCUT2D eigenvalue weighted by Crippen LogP contribution is -2.48. The second-order valence-corrected chi connectivity index (χ2v) is 5.45. The second-order valence-electron chi connectivity index (χ2n) is 5.45. The Hall–Kier alpha value is -2.34. The van der Waals surface area contributed by atoms with Gasteiger partial charge in [0.1, 0.15) is 0 Å². The van der Waals surface area contributed by atoms with Crippen molar-refractivity contribution < 1.29 is 4.79 Å². The summed E-state index contributed by atoms with van der Waals surface area (Å²) in [6.07, 6.45) is 0. The van der Waals surface area contributed by atoms with Crippen molar-refractivity contribution in [2.45, 2.75) is 6.92 Å². The molecule has 4 N–H and O–H groups in total. The average Bonchev–Trinajstić information content (AvgIpc) is 2.84. The van der Waals surface area contributed by atoms with Crippen molar-refractivity contribution in [3.63, 3.8) is 0 Å². The fraction of sp³-hybridized carbons (Fsp3) is 0.333. The summed E-state index contributed by atoms with van der Waals surface area (Å²) >= 11 is 0. The monoisotopic (exact) mass is 286 g/mol. The molecule has 1 atom stereocenters. The van der Waals surface area contributed by atoms with Crippen molar-refractivity contribution in [3.05, 3.63) is 40.7 Å². The van der Waals surface area contributed by atoms with Crippen LogP contribution in [0.2, 0.25) is 0 Å². The van der Waals surface area contributed by atoms with E-state index in [-0.39, 0.29) is 17.4 Å². The quantitative estimate of drug-likeness (QED) is 0.680. The number of aromatic nitrogens is 2. The molecule has 0 spiro atoms. The average molecular weight is 286 g/mol. The molecule has 0 aliphatic carbocycles. The molecule has 1 aromatic heterocycles. The Morgan fingerprint density at radius 2 is 1.95 bits per heavy atom. The Bertz CT molecular complexity index is 682. The molecular weight excluding hydrogens is 268 g/mol. The van der Waals surface area contributed by atoms with Crippen molar-refractivity contribution in [3.8, 4) is 11.3 Å². The van der Waals surface area contributed by atoms with Gasteiger partial charge in [0.15, 0.2) is 0 Å². The van der Waals surface area contributed by atoms with Gasteiger partial charge in [-0.3, -0.25) is 19.8 Å². The van der Waals surface area contributed by atoms with Gasteiger partial charge in [0.25, 0.3) is 5.56 Å². The summed E-state index contributed by atoms with van der Waals surface area (Å²) in [4.78, 5) is 23.2. The first-order chi connectivity index (χ1) is 10.1. The first-order valence-corrected chi connectivity index (χ1v) is 7.03. The van der Waals surface area contributed by atoms with E-state index >= 15 is 0 Å². The van der Waals surface area contributed by atoms with Gasteiger partial charge in [0, 0.05) is 17.7 Å². The Kier molecular flexibility index (Phi) is 3.62. The fourth-order valence-corrected chi connectivity index (χ4v) is 2.36. The molecule has 1 unspecified atom stereocenters. The molecule has 110 valence electrons. The van der Waals surface area contributed by atoms with Crippen LogP contribution in [0, 0.1) is 11.8 Å². The minimum absolute atomic E-state index is 0.00644. The number of H-pyrrole nitrogens is 2.